The Morgan fingerprint density at radius 2 is 1.78 bits per heavy atom. The van der Waals surface area contributed by atoms with Gasteiger partial charge in [0, 0.05) is 38.2 Å². The number of aromatic nitrogens is 3. The lowest BCUT2D eigenvalue weighted by molar-refractivity contribution is -0.145. The number of hydrogen-bond donors (Lipinski definition) is 2. The van der Waals surface area contributed by atoms with E-state index in [0.717, 1.165) is 18.5 Å². The maximum atomic E-state index is 13.8. The summed E-state index contributed by atoms with van der Waals surface area (Å²) in [6, 6.07) is -2.57. The van der Waals surface area contributed by atoms with Gasteiger partial charge >= 0.3 is 0 Å². The van der Waals surface area contributed by atoms with E-state index in [-0.39, 0.29) is 49.4 Å². The van der Waals surface area contributed by atoms with E-state index in [0.29, 0.717) is 5.92 Å². The third-order valence-corrected chi connectivity index (χ3v) is 8.70. The fourth-order valence-electron chi connectivity index (χ4n) is 4.90. The molecule has 36 heavy (non-hydrogen) atoms. The fourth-order valence-corrected chi connectivity index (χ4v) is 6.11. The minimum atomic E-state index is -3.14. The monoisotopic (exact) mass is 524 g/mol. The van der Waals surface area contributed by atoms with Crippen LogP contribution in [0.3, 0.4) is 0 Å². The van der Waals surface area contributed by atoms with Crippen molar-refractivity contribution in [2.24, 2.45) is 5.41 Å². The van der Waals surface area contributed by atoms with Gasteiger partial charge in [-0.1, -0.05) is 26.0 Å². The first-order valence-electron chi connectivity index (χ1n) is 12.5. The highest BCUT2D eigenvalue weighted by Crippen LogP contribution is 2.40. The molecular weight excluding hydrogens is 488 g/mol. The Kier molecular flexibility index (Phi) is 7.17. The van der Waals surface area contributed by atoms with Crippen molar-refractivity contribution in [2.75, 3.05) is 31.1 Å². The van der Waals surface area contributed by atoms with Crippen molar-refractivity contribution in [3.63, 3.8) is 0 Å². The van der Waals surface area contributed by atoms with Crippen LogP contribution in [0.2, 0.25) is 0 Å². The van der Waals surface area contributed by atoms with Gasteiger partial charge in [0.2, 0.25) is 17.7 Å². The normalized spacial score (nSPS) is 25.9. The number of sulfone groups is 1. The topological polar surface area (TPSA) is 155 Å². The molecule has 2 saturated heterocycles. The smallest absolute Gasteiger partial charge is 0.248 e. The van der Waals surface area contributed by atoms with Crippen molar-refractivity contribution in [1.82, 2.24) is 30.1 Å². The zero-order chi connectivity index (χ0) is 26.4. The van der Waals surface area contributed by atoms with E-state index in [9.17, 15) is 27.9 Å². The van der Waals surface area contributed by atoms with Crippen LogP contribution in [0.15, 0.2) is 6.20 Å². The number of rotatable bonds is 6. The molecule has 3 fully saturated rings. The lowest BCUT2D eigenvalue weighted by atomic mass is 9.85. The molecule has 0 aromatic carbocycles. The second-order valence-corrected chi connectivity index (χ2v) is 13.6. The second kappa shape index (κ2) is 9.73. The van der Waals surface area contributed by atoms with E-state index in [1.165, 1.54) is 16.7 Å². The Hall–Kier alpha value is -2.54. The third-order valence-electron chi connectivity index (χ3n) is 7.09. The SMILES string of the molecule is CC(NC(=O)[C@@H]1C[C@@H](O)CN1C(=O)[C@@H](n1cc(C2CC2)nn1)C(C)(C)C)C(=O)N1CCS(=O)(=O)CC1. The van der Waals surface area contributed by atoms with Gasteiger partial charge in [-0.3, -0.25) is 14.4 Å². The van der Waals surface area contributed by atoms with Gasteiger partial charge in [-0.15, -0.1) is 5.10 Å². The van der Waals surface area contributed by atoms with Crippen LogP contribution in [-0.2, 0) is 24.2 Å². The van der Waals surface area contributed by atoms with Gasteiger partial charge in [0.15, 0.2) is 9.84 Å². The van der Waals surface area contributed by atoms with Gasteiger partial charge < -0.3 is 20.2 Å². The lowest BCUT2D eigenvalue weighted by Gasteiger charge is -2.35. The number of hydrogen-bond acceptors (Lipinski definition) is 8. The first-order chi connectivity index (χ1) is 16.8. The van der Waals surface area contributed by atoms with Gasteiger partial charge in [0.1, 0.15) is 18.1 Å². The number of carbonyl (C=O) groups excluding carboxylic acids is 3. The van der Waals surface area contributed by atoms with Crippen molar-refractivity contribution in [3.8, 4) is 0 Å². The standard InChI is InChI=1S/C23H36N6O6S/c1-14(21(32)27-7-9-36(34,35)10-8-27)24-20(31)18-11-16(30)12-28(18)22(33)19(23(2,3)4)29-13-17(25-26-29)15-5-6-15/h13-16,18-19,30H,5-12H2,1-4H3,(H,24,31)/t14?,16-,18+,19-/m1/s1. The van der Waals surface area contributed by atoms with E-state index in [2.05, 4.69) is 15.6 Å². The van der Waals surface area contributed by atoms with Gasteiger partial charge in [-0.2, -0.15) is 0 Å². The molecule has 0 bridgehead atoms. The molecule has 13 heteroatoms. The van der Waals surface area contributed by atoms with Crippen LogP contribution in [0.4, 0.5) is 0 Å². The molecule has 2 N–H and O–H groups in total. The number of amides is 3. The highest BCUT2D eigenvalue weighted by molar-refractivity contribution is 7.91. The molecule has 1 aliphatic carbocycles. The molecule has 1 aromatic rings. The van der Waals surface area contributed by atoms with Crippen LogP contribution in [0.1, 0.15) is 64.6 Å². The molecule has 200 valence electrons. The van der Waals surface area contributed by atoms with E-state index >= 15 is 0 Å². The van der Waals surface area contributed by atoms with Crippen molar-refractivity contribution in [2.45, 2.75) is 77.1 Å². The Morgan fingerprint density at radius 1 is 1.14 bits per heavy atom. The van der Waals surface area contributed by atoms with Gasteiger partial charge in [-0.05, 0) is 25.2 Å². The van der Waals surface area contributed by atoms with Crippen molar-refractivity contribution in [1.29, 1.82) is 0 Å². The van der Waals surface area contributed by atoms with Crippen LogP contribution < -0.4 is 5.32 Å². The Labute approximate surface area is 211 Å². The van der Waals surface area contributed by atoms with E-state index in [1.807, 2.05) is 20.8 Å². The summed E-state index contributed by atoms with van der Waals surface area (Å²) in [4.78, 5) is 42.6. The van der Waals surface area contributed by atoms with Gasteiger partial charge in [0.05, 0.1) is 23.3 Å². The lowest BCUT2D eigenvalue weighted by Crippen LogP contribution is -2.55. The first-order valence-corrected chi connectivity index (χ1v) is 14.3. The van der Waals surface area contributed by atoms with E-state index < -0.39 is 45.4 Å². The molecule has 4 rings (SSSR count). The molecule has 1 unspecified atom stereocenters. The Morgan fingerprint density at radius 3 is 2.36 bits per heavy atom. The predicted octanol–water partition coefficient (Wildman–Crippen LogP) is -0.534. The van der Waals surface area contributed by atoms with Crippen molar-refractivity contribution >= 4 is 27.6 Å². The highest BCUT2D eigenvalue weighted by Gasteiger charge is 2.46. The van der Waals surface area contributed by atoms with Gasteiger partial charge in [0.25, 0.3) is 0 Å². The zero-order valence-electron chi connectivity index (χ0n) is 21.3. The molecule has 12 nitrogen and oxygen atoms in total. The van der Waals surface area contributed by atoms with E-state index in [1.54, 1.807) is 10.9 Å². The first kappa shape index (κ1) is 26.5. The summed E-state index contributed by atoms with van der Waals surface area (Å²) in [6.45, 7) is 7.44. The summed E-state index contributed by atoms with van der Waals surface area (Å²) < 4.78 is 24.9. The highest BCUT2D eigenvalue weighted by atomic mass is 32.2. The average molecular weight is 525 g/mol. The molecular formula is C23H36N6O6S. The van der Waals surface area contributed by atoms with Crippen LogP contribution in [0, 0.1) is 5.41 Å². The molecule has 3 amide bonds. The largest absolute Gasteiger partial charge is 0.391 e. The molecule has 0 spiro atoms. The number of aliphatic hydroxyl groups is 1. The molecule has 0 radical (unpaired) electrons. The minimum Gasteiger partial charge on any atom is -0.391 e. The maximum Gasteiger partial charge on any atom is 0.248 e. The Bertz CT molecular complexity index is 1110. The molecule has 1 aromatic heterocycles. The van der Waals surface area contributed by atoms with Gasteiger partial charge in [-0.25, -0.2) is 13.1 Å². The summed E-state index contributed by atoms with van der Waals surface area (Å²) in [5, 5.41) is 21.5. The number of carbonyl (C=O) groups is 3. The van der Waals surface area contributed by atoms with Crippen molar-refractivity contribution in [3.05, 3.63) is 11.9 Å². The number of likely N-dealkylation sites (tertiary alicyclic amines) is 1. The molecule has 1 saturated carbocycles. The quantitative estimate of drug-likeness (QED) is 0.503. The molecule has 2 aliphatic heterocycles. The summed E-state index contributed by atoms with van der Waals surface area (Å²) in [6.07, 6.45) is 3.09. The summed E-state index contributed by atoms with van der Waals surface area (Å²) in [7, 11) is -3.14. The predicted molar refractivity (Wildman–Crippen MR) is 129 cm³/mol. The van der Waals surface area contributed by atoms with Crippen LogP contribution >= 0.6 is 0 Å². The fraction of sp³-hybridized carbons (Fsp3) is 0.783. The maximum absolute atomic E-state index is 13.8. The third kappa shape index (κ3) is 5.72. The average Bonchev–Trinajstić information content (AvgIpc) is 3.39. The summed E-state index contributed by atoms with van der Waals surface area (Å²) >= 11 is 0. The zero-order valence-corrected chi connectivity index (χ0v) is 22.1. The number of aliphatic hydroxyl groups excluding tert-OH is 1. The number of β-amino-alcohol motifs (C(OH)–C–C–N with tert-alkyl or cyclic N) is 1. The van der Waals surface area contributed by atoms with E-state index in [4.69, 9.17) is 0 Å². The molecule has 3 aliphatic rings. The number of nitrogens with zero attached hydrogens (tertiary/aromatic N) is 5. The second-order valence-electron chi connectivity index (χ2n) is 11.3. The number of nitrogens with one attached hydrogen (secondary N) is 1. The Balaban J connectivity index is 1.46. The molecule has 3 heterocycles. The summed E-state index contributed by atoms with van der Waals surface area (Å²) in [5.41, 5.74) is 0.309. The molecule has 4 atom stereocenters. The van der Waals surface area contributed by atoms with Crippen molar-refractivity contribution < 1.29 is 27.9 Å². The van der Waals surface area contributed by atoms with Crippen LogP contribution in [-0.4, -0.2) is 105 Å². The minimum absolute atomic E-state index is 0.00000876. The van der Waals surface area contributed by atoms with Crippen LogP contribution in [0.25, 0.3) is 0 Å². The summed E-state index contributed by atoms with van der Waals surface area (Å²) in [5.74, 6) is -1.08. The van der Waals surface area contributed by atoms with Crippen LogP contribution in [0.5, 0.6) is 0 Å².